The van der Waals surface area contributed by atoms with Gasteiger partial charge in [0.2, 0.25) is 0 Å². The fourth-order valence-corrected chi connectivity index (χ4v) is 1.79. The molecule has 0 spiro atoms. The van der Waals surface area contributed by atoms with Gasteiger partial charge in [-0.25, -0.2) is 5.01 Å². The average molecular weight is 224 g/mol. The van der Waals surface area contributed by atoms with Gasteiger partial charge in [-0.15, -0.1) is 0 Å². The van der Waals surface area contributed by atoms with Crippen molar-refractivity contribution >= 4 is 0 Å². The third-order valence-corrected chi connectivity index (χ3v) is 3.12. The van der Waals surface area contributed by atoms with Gasteiger partial charge in [-0.1, -0.05) is 0 Å². The van der Waals surface area contributed by atoms with E-state index in [1.54, 1.807) is 0 Å². The molecule has 1 saturated heterocycles. The Morgan fingerprint density at radius 3 is 2.44 bits per heavy atom. The smallest absolute Gasteiger partial charge is 0.0683 e. The molecular weight excluding hydrogens is 200 g/mol. The first-order valence-corrected chi connectivity index (χ1v) is 6.12. The summed E-state index contributed by atoms with van der Waals surface area (Å²) >= 11 is 0. The van der Waals surface area contributed by atoms with Gasteiger partial charge in [-0.2, -0.15) is 5.26 Å². The zero-order chi connectivity index (χ0) is 12.0. The molecule has 0 amide bonds. The summed E-state index contributed by atoms with van der Waals surface area (Å²) in [7, 11) is 2.16. The van der Waals surface area contributed by atoms with Gasteiger partial charge in [0.15, 0.2) is 0 Å². The van der Waals surface area contributed by atoms with Crippen molar-refractivity contribution in [2.45, 2.75) is 26.7 Å². The number of nitrogens with zero attached hydrogens (tertiary/aromatic N) is 3. The first kappa shape index (κ1) is 13.4. The second-order valence-corrected chi connectivity index (χ2v) is 5.30. The van der Waals surface area contributed by atoms with Crippen LogP contribution in [-0.4, -0.2) is 49.7 Å². The Morgan fingerprint density at radius 2 is 1.88 bits per heavy atom. The van der Waals surface area contributed by atoms with Crippen molar-refractivity contribution in [3.05, 3.63) is 0 Å². The van der Waals surface area contributed by atoms with Crippen LogP contribution in [0.1, 0.15) is 26.7 Å². The number of rotatable bonds is 5. The predicted octanol–water partition coefficient (Wildman–Crippen LogP) is 1.07. The highest BCUT2D eigenvalue weighted by atomic mass is 15.5. The molecule has 1 rings (SSSR count). The molecule has 0 aromatic rings. The third-order valence-electron chi connectivity index (χ3n) is 3.12. The van der Waals surface area contributed by atoms with Gasteiger partial charge in [0.25, 0.3) is 0 Å². The molecule has 4 heteroatoms. The van der Waals surface area contributed by atoms with Crippen molar-refractivity contribution in [3.8, 4) is 6.07 Å². The highest BCUT2D eigenvalue weighted by Crippen LogP contribution is 2.19. The van der Waals surface area contributed by atoms with Crippen LogP contribution in [0.5, 0.6) is 0 Å². The first-order chi connectivity index (χ1) is 7.53. The van der Waals surface area contributed by atoms with Crippen LogP contribution in [0.3, 0.4) is 0 Å². The summed E-state index contributed by atoms with van der Waals surface area (Å²) in [5.41, 5.74) is 3.26. The molecule has 0 saturated carbocycles. The molecule has 4 nitrogen and oxygen atoms in total. The van der Waals surface area contributed by atoms with E-state index in [0.29, 0.717) is 0 Å². The van der Waals surface area contributed by atoms with E-state index in [2.05, 4.69) is 28.5 Å². The number of piperazine rings is 1. The first-order valence-electron chi connectivity index (χ1n) is 6.12. The zero-order valence-corrected chi connectivity index (χ0v) is 10.8. The lowest BCUT2D eigenvalue weighted by Crippen LogP contribution is -2.50. The summed E-state index contributed by atoms with van der Waals surface area (Å²) in [5.74, 6) is 0. The molecule has 1 fully saturated rings. The molecule has 0 atom stereocenters. The van der Waals surface area contributed by atoms with Gasteiger partial charge in [0.1, 0.15) is 0 Å². The van der Waals surface area contributed by atoms with Gasteiger partial charge in [0, 0.05) is 32.7 Å². The molecular formula is C12H24N4. The van der Waals surface area contributed by atoms with Crippen molar-refractivity contribution in [1.29, 1.82) is 5.26 Å². The Kier molecular flexibility index (Phi) is 5.20. The van der Waals surface area contributed by atoms with E-state index in [-0.39, 0.29) is 5.41 Å². The van der Waals surface area contributed by atoms with E-state index in [9.17, 15) is 0 Å². The maximum atomic E-state index is 8.88. The van der Waals surface area contributed by atoms with Crippen LogP contribution in [0.4, 0.5) is 0 Å². The van der Waals surface area contributed by atoms with E-state index >= 15 is 0 Å². The van der Waals surface area contributed by atoms with Crippen LogP contribution >= 0.6 is 0 Å². The monoisotopic (exact) mass is 224 g/mol. The standard InChI is InChI=1S/C12H24N4/c1-12(2,11-13)5-4-6-14-16-9-7-15(3)8-10-16/h14H,4-10H2,1-3H3. The second kappa shape index (κ2) is 6.19. The molecule has 0 bridgehead atoms. The van der Waals surface area contributed by atoms with Crippen LogP contribution in [-0.2, 0) is 0 Å². The van der Waals surface area contributed by atoms with Gasteiger partial charge in [0.05, 0.1) is 11.5 Å². The Hall–Kier alpha value is -0.630. The lowest BCUT2D eigenvalue weighted by Gasteiger charge is -2.32. The van der Waals surface area contributed by atoms with E-state index in [1.165, 1.54) is 0 Å². The third kappa shape index (κ3) is 4.93. The normalized spacial score (nSPS) is 19.6. The number of nitrogens with one attached hydrogen (secondary N) is 1. The summed E-state index contributed by atoms with van der Waals surface area (Å²) in [4.78, 5) is 2.34. The van der Waals surface area contributed by atoms with E-state index in [1.807, 2.05) is 13.8 Å². The summed E-state index contributed by atoms with van der Waals surface area (Å²) in [6.07, 6.45) is 2.02. The molecule has 16 heavy (non-hydrogen) atoms. The Balaban J connectivity index is 2.06. The molecule has 1 aliphatic rings. The Labute approximate surface area is 99.2 Å². The number of likely N-dealkylation sites (N-methyl/N-ethyl adjacent to an activating group) is 1. The summed E-state index contributed by atoms with van der Waals surface area (Å²) in [6, 6.07) is 2.34. The number of hydrazine groups is 1. The summed E-state index contributed by atoms with van der Waals surface area (Å²) in [6.45, 7) is 9.45. The van der Waals surface area contributed by atoms with Crippen LogP contribution in [0.2, 0.25) is 0 Å². The average Bonchev–Trinajstić information content (AvgIpc) is 2.27. The molecule has 0 aromatic heterocycles. The molecule has 0 aliphatic carbocycles. The zero-order valence-electron chi connectivity index (χ0n) is 10.8. The fourth-order valence-electron chi connectivity index (χ4n) is 1.79. The van der Waals surface area contributed by atoms with Crippen molar-refractivity contribution < 1.29 is 0 Å². The van der Waals surface area contributed by atoms with E-state index < -0.39 is 0 Å². The van der Waals surface area contributed by atoms with Crippen LogP contribution in [0.15, 0.2) is 0 Å². The maximum Gasteiger partial charge on any atom is 0.0683 e. The van der Waals surface area contributed by atoms with E-state index in [0.717, 1.165) is 45.6 Å². The molecule has 0 radical (unpaired) electrons. The Bertz CT molecular complexity index is 236. The summed E-state index contributed by atoms with van der Waals surface area (Å²) < 4.78 is 0. The van der Waals surface area contributed by atoms with E-state index in [4.69, 9.17) is 5.26 Å². The van der Waals surface area contributed by atoms with Crippen LogP contribution in [0, 0.1) is 16.7 Å². The summed E-state index contributed by atoms with van der Waals surface area (Å²) in [5, 5.41) is 11.2. The second-order valence-electron chi connectivity index (χ2n) is 5.30. The van der Waals surface area contributed by atoms with Crippen molar-refractivity contribution in [1.82, 2.24) is 15.3 Å². The van der Waals surface area contributed by atoms with Crippen molar-refractivity contribution in [2.75, 3.05) is 39.8 Å². The molecule has 1 aliphatic heterocycles. The predicted molar refractivity (Wildman–Crippen MR) is 65.7 cm³/mol. The van der Waals surface area contributed by atoms with Crippen molar-refractivity contribution in [3.63, 3.8) is 0 Å². The van der Waals surface area contributed by atoms with Gasteiger partial charge >= 0.3 is 0 Å². The van der Waals surface area contributed by atoms with Gasteiger partial charge in [-0.05, 0) is 33.7 Å². The highest BCUT2D eigenvalue weighted by Gasteiger charge is 2.16. The topological polar surface area (TPSA) is 42.3 Å². The van der Waals surface area contributed by atoms with Crippen LogP contribution in [0.25, 0.3) is 0 Å². The number of nitriles is 1. The van der Waals surface area contributed by atoms with Crippen molar-refractivity contribution in [2.24, 2.45) is 5.41 Å². The number of hydrogen-bond donors (Lipinski definition) is 1. The van der Waals surface area contributed by atoms with Gasteiger partial charge in [-0.3, -0.25) is 5.43 Å². The fraction of sp³-hybridized carbons (Fsp3) is 0.917. The maximum absolute atomic E-state index is 8.88. The number of hydrogen-bond acceptors (Lipinski definition) is 4. The minimum atomic E-state index is -0.177. The van der Waals surface area contributed by atoms with Gasteiger partial charge < -0.3 is 4.90 Å². The molecule has 1 N–H and O–H groups in total. The lowest BCUT2D eigenvalue weighted by molar-refractivity contribution is 0.103. The minimum absolute atomic E-state index is 0.177. The highest BCUT2D eigenvalue weighted by molar-refractivity contribution is 4.91. The molecule has 0 aromatic carbocycles. The molecule has 0 unspecified atom stereocenters. The minimum Gasteiger partial charge on any atom is -0.304 e. The molecule has 1 heterocycles. The Morgan fingerprint density at radius 1 is 1.25 bits per heavy atom. The SMILES string of the molecule is CN1CCN(NCCCC(C)(C)C#N)CC1. The lowest BCUT2D eigenvalue weighted by atomic mass is 9.90. The quantitative estimate of drug-likeness (QED) is 0.709. The largest absolute Gasteiger partial charge is 0.304 e. The van der Waals surface area contributed by atoms with Crippen LogP contribution < -0.4 is 5.43 Å². The molecule has 92 valence electrons.